The van der Waals surface area contributed by atoms with Gasteiger partial charge < -0.3 is 0 Å². The number of hydrogen-bond acceptors (Lipinski definition) is 0. The molecule has 0 heterocycles. The molecule has 2 rings (SSSR count). The van der Waals surface area contributed by atoms with Crippen LogP contribution in [0, 0.1) is 12.3 Å². The molecule has 0 N–H and O–H groups in total. The van der Waals surface area contributed by atoms with E-state index in [1.54, 1.807) is 0 Å². The van der Waals surface area contributed by atoms with Gasteiger partial charge in [-0.1, -0.05) is 54.5 Å². The van der Waals surface area contributed by atoms with Crippen molar-refractivity contribution in [3.8, 4) is 12.3 Å². The molecule has 0 fully saturated rings. The maximum Gasteiger partial charge on any atom is 0.0321 e. The summed E-state index contributed by atoms with van der Waals surface area (Å²) < 4.78 is 0. The van der Waals surface area contributed by atoms with Crippen LogP contribution in [-0.2, 0) is 0 Å². The van der Waals surface area contributed by atoms with E-state index >= 15 is 0 Å². The summed E-state index contributed by atoms with van der Waals surface area (Å²) in [7, 11) is 0. The smallest absolute Gasteiger partial charge is 0.0321 e. The van der Waals surface area contributed by atoms with Crippen LogP contribution in [0.4, 0.5) is 0 Å². The van der Waals surface area contributed by atoms with Gasteiger partial charge in [0.15, 0.2) is 0 Å². The molecule has 0 saturated heterocycles. The molecule has 0 nitrogen and oxygen atoms in total. The summed E-state index contributed by atoms with van der Waals surface area (Å²) in [5.74, 6) is 2.70. The molecule has 0 aromatic heterocycles. The molecule has 0 saturated carbocycles. The van der Waals surface area contributed by atoms with Gasteiger partial charge in [-0.25, -0.2) is 0 Å². The van der Waals surface area contributed by atoms with Crippen molar-refractivity contribution in [2.45, 2.75) is 0 Å². The Morgan fingerprint density at radius 1 is 0.857 bits per heavy atom. The molecule has 0 bridgehead atoms. The topological polar surface area (TPSA) is 0 Å². The van der Waals surface area contributed by atoms with Gasteiger partial charge in [-0.15, -0.1) is 6.42 Å². The first kappa shape index (κ1) is 8.59. The molecule has 0 heteroatoms. The van der Waals surface area contributed by atoms with E-state index in [0.29, 0.717) is 0 Å². The van der Waals surface area contributed by atoms with Crippen LogP contribution in [0.2, 0.25) is 0 Å². The summed E-state index contributed by atoms with van der Waals surface area (Å²) in [6, 6.07) is 0. The van der Waals surface area contributed by atoms with Crippen molar-refractivity contribution >= 4 is 0 Å². The number of fused-ring (bicyclic) bond motifs is 1. The van der Waals surface area contributed by atoms with Gasteiger partial charge in [-0.3, -0.25) is 0 Å². The number of hydrogen-bond donors (Lipinski definition) is 0. The molecule has 0 atom stereocenters. The molecule has 2 aliphatic carbocycles. The number of rotatable bonds is 0. The Hall–Kier alpha value is -2.00. The third-order valence-electron chi connectivity index (χ3n) is 2.17. The highest BCUT2D eigenvalue weighted by Gasteiger charge is 2.05. The minimum absolute atomic E-state index is 0.932. The summed E-state index contributed by atoms with van der Waals surface area (Å²) >= 11 is 0. The molecule has 0 amide bonds. The van der Waals surface area contributed by atoms with E-state index in [1.165, 1.54) is 0 Å². The van der Waals surface area contributed by atoms with E-state index < -0.39 is 0 Å². The average Bonchev–Trinajstić information content (AvgIpc) is 2.51. The van der Waals surface area contributed by atoms with Crippen LogP contribution >= 0.6 is 0 Å². The quantitative estimate of drug-likeness (QED) is 0.500. The van der Waals surface area contributed by atoms with Gasteiger partial charge in [0, 0.05) is 5.57 Å². The zero-order valence-corrected chi connectivity index (χ0v) is 7.77. The second kappa shape index (κ2) is 3.81. The van der Waals surface area contributed by atoms with Crippen molar-refractivity contribution in [2.24, 2.45) is 0 Å². The van der Waals surface area contributed by atoms with Crippen molar-refractivity contribution in [1.82, 2.24) is 0 Å². The lowest BCUT2D eigenvalue weighted by molar-refractivity contribution is 1.52. The van der Waals surface area contributed by atoms with Crippen LogP contribution in [0.3, 0.4) is 0 Å². The van der Waals surface area contributed by atoms with E-state index in [0.717, 1.165) is 16.7 Å². The van der Waals surface area contributed by atoms with E-state index in [9.17, 15) is 0 Å². The lowest BCUT2D eigenvalue weighted by Crippen LogP contribution is -1.86. The van der Waals surface area contributed by atoms with Crippen LogP contribution < -0.4 is 0 Å². The molecule has 0 radical (unpaired) electrons. The van der Waals surface area contributed by atoms with Crippen LogP contribution in [0.25, 0.3) is 0 Å². The highest BCUT2D eigenvalue weighted by Crippen LogP contribution is 2.22. The second-order valence-corrected chi connectivity index (χ2v) is 3.06. The predicted octanol–water partition coefficient (Wildman–Crippen LogP) is 3.09. The van der Waals surface area contributed by atoms with Crippen LogP contribution in [0.5, 0.6) is 0 Å². The molecule has 0 aliphatic heterocycles. The molecule has 66 valence electrons. The minimum Gasteiger partial charge on any atom is -0.115 e. The van der Waals surface area contributed by atoms with Gasteiger partial charge in [0.2, 0.25) is 0 Å². The fourth-order valence-corrected chi connectivity index (χ4v) is 1.48. The Morgan fingerprint density at radius 3 is 2.50 bits per heavy atom. The Kier molecular flexibility index (Phi) is 2.34. The lowest BCUT2D eigenvalue weighted by atomic mass is 10.0. The molecular formula is C14H10. The second-order valence-electron chi connectivity index (χ2n) is 3.06. The summed E-state index contributed by atoms with van der Waals surface area (Å²) in [5.41, 5.74) is 3.21. The number of allylic oxidation sites excluding steroid dienone is 12. The fraction of sp³-hybridized carbons (Fsp3) is 0. The first-order chi connectivity index (χ1) is 6.92. The van der Waals surface area contributed by atoms with Crippen molar-refractivity contribution in [3.63, 3.8) is 0 Å². The van der Waals surface area contributed by atoms with Crippen molar-refractivity contribution in [3.05, 3.63) is 71.4 Å². The van der Waals surface area contributed by atoms with Crippen LogP contribution in [-0.4, -0.2) is 0 Å². The average molecular weight is 178 g/mol. The Bertz CT molecular complexity index is 455. The van der Waals surface area contributed by atoms with Gasteiger partial charge in [-0.05, 0) is 17.2 Å². The largest absolute Gasteiger partial charge is 0.115 e. The van der Waals surface area contributed by atoms with Crippen molar-refractivity contribution in [1.29, 1.82) is 0 Å². The molecule has 2 aliphatic rings. The Morgan fingerprint density at radius 2 is 1.64 bits per heavy atom. The first-order valence-electron chi connectivity index (χ1n) is 4.53. The maximum atomic E-state index is 5.46. The third kappa shape index (κ3) is 1.53. The van der Waals surface area contributed by atoms with E-state index in [2.05, 4.69) is 18.1 Å². The highest BCUT2D eigenvalue weighted by atomic mass is 14.1. The number of terminal acetylenes is 1. The van der Waals surface area contributed by atoms with E-state index in [4.69, 9.17) is 6.42 Å². The lowest BCUT2D eigenvalue weighted by Gasteiger charge is -2.02. The molecule has 0 aromatic carbocycles. The van der Waals surface area contributed by atoms with Crippen LogP contribution in [0.1, 0.15) is 0 Å². The van der Waals surface area contributed by atoms with Crippen molar-refractivity contribution in [2.75, 3.05) is 0 Å². The third-order valence-corrected chi connectivity index (χ3v) is 2.17. The molecule has 14 heavy (non-hydrogen) atoms. The van der Waals surface area contributed by atoms with Gasteiger partial charge in [0.1, 0.15) is 0 Å². The molecule has 0 spiro atoms. The normalized spacial score (nSPS) is 18.4. The fourth-order valence-electron chi connectivity index (χ4n) is 1.48. The summed E-state index contributed by atoms with van der Waals surface area (Å²) in [6.45, 7) is 0. The standard InChI is InChI=1S/C14H10/c1-2-12-8-6-7-10-13-9-4-3-5-11-14(12)13/h1,3-11H. The molecule has 0 unspecified atom stereocenters. The van der Waals surface area contributed by atoms with Crippen molar-refractivity contribution < 1.29 is 0 Å². The first-order valence-corrected chi connectivity index (χ1v) is 4.53. The molecular weight excluding hydrogens is 168 g/mol. The molecule has 0 aromatic rings. The van der Waals surface area contributed by atoms with Gasteiger partial charge in [0.25, 0.3) is 0 Å². The predicted molar refractivity (Wildman–Crippen MR) is 60.5 cm³/mol. The maximum absolute atomic E-state index is 5.46. The minimum atomic E-state index is 0.932. The van der Waals surface area contributed by atoms with E-state index in [1.807, 2.05) is 42.5 Å². The van der Waals surface area contributed by atoms with Gasteiger partial charge in [0.05, 0.1) is 0 Å². The summed E-state index contributed by atoms with van der Waals surface area (Å²) in [5, 5.41) is 0. The SMILES string of the molecule is C#CC1=C2C=CC=CC=C2C=CC=C1. The Labute approximate surface area is 84.3 Å². The Balaban J connectivity index is 2.63. The van der Waals surface area contributed by atoms with Gasteiger partial charge in [-0.2, -0.15) is 0 Å². The van der Waals surface area contributed by atoms with Crippen LogP contribution in [0.15, 0.2) is 71.4 Å². The monoisotopic (exact) mass is 178 g/mol. The van der Waals surface area contributed by atoms with E-state index in [-0.39, 0.29) is 0 Å². The summed E-state index contributed by atoms with van der Waals surface area (Å²) in [6.07, 6.45) is 23.6. The zero-order valence-electron chi connectivity index (χ0n) is 7.77. The van der Waals surface area contributed by atoms with Gasteiger partial charge >= 0.3 is 0 Å². The zero-order chi connectivity index (χ0) is 9.80. The summed E-state index contributed by atoms with van der Waals surface area (Å²) in [4.78, 5) is 0. The highest BCUT2D eigenvalue weighted by molar-refractivity contribution is 5.61.